The lowest BCUT2D eigenvalue weighted by Crippen LogP contribution is -2.36. The van der Waals surface area contributed by atoms with Crippen LogP contribution in [0, 0.1) is 3.57 Å². The maximum Gasteiger partial charge on any atom is 0.329 e. The number of ether oxygens (including phenoxy) is 1. The predicted molar refractivity (Wildman–Crippen MR) is 88.8 cm³/mol. The molecule has 7 nitrogen and oxygen atoms in total. The van der Waals surface area contributed by atoms with E-state index in [2.05, 4.69) is 26.0 Å². The van der Waals surface area contributed by atoms with Gasteiger partial charge in [0, 0.05) is 0 Å². The molecule has 9 heteroatoms. The third-order valence-corrected chi connectivity index (χ3v) is 4.25. The number of carbonyl (C=O) groups excluding carboxylic acids is 3. The maximum atomic E-state index is 12.1. The maximum absolute atomic E-state index is 12.1. The first-order valence-electron chi connectivity index (χ1n) is 5.93. The van der Waals surface area contributed by atoms with Crippen LogP contribution in [0.1, 0.15) is 5.56 Å². The topological polar surface area (TPSA) is 95.9 Å². The predicted octanol–water partition coefficient (Wildman–Crippen LogP) is 1.82. The Hall–Kier alpha value is -1.62. The SMILES string of the molecule is COC(=O)CN1C(=O)N/C(=C/c2cc(Br)c(O)c(I)c2)C1=O. The van der Waals surface area contributed by atoms with Crippen LogP contribution in [0.3, 0.4) is 0 Å². The molecular formula is C13H10BrIN2O5. The van der Waals surface area contributed by atoms with E-state index in [1.807, 2.05) is 22.6 Å². The van der Waals surface area contributed by atoms with Crippen molar-refractivity contribution in [1.29, 1.82) is 0 Å². The number of nitrogens with one attached hydrogen (secondary N) is 1. The first-order valence-corrected chi connectivity index (χ1v) is 7.80. The number of carbonyl (C=O) groups is 3. The van der Waals surface area contributed by atoms with E-state index in [1.165, 1.54) is 13.2 Å². The van der Waals surface area contributed by atoms with Gasteiger partial charge in [0.1, 0.15) is 18.0 Å². The highest BCUT2D eigenvalue weighted by atomic mass is 127. The Morgan fingerprint density at radius 3 is 2.77 bits per heavy atom. The number of imide groups is 1. The van der Waals surface area contributed by atoms with E-state index < -0.39 is 24.5 Å². The summed E-state index contributed by atoms with van der Waals surface area (Å²) in [7, 11) is 1.17. The van der Waals surface area contributed by atoms with Crippen LogP contribution in [0.2, 0.25) is 0 Å². The second-order valence-corrected chi connectivity index (χ2v) is 6.31. The van der Waals surface area contributed by atoms with Gasteiger partial charge in [0.2, 0.25) is 0 Å². The fraction of sp³-hybridized carbons (Fsp3) is 0.154. The standard InChI is InChI=1S/C13H10BrIN2O5/c1-22-10(18)5-17-12(20)9(16-13(17)21)4-6-2-7(14)11(19)8(15)3-6/h2-4,19H,5H2,1H3,(H,16,21)/b9-4+. The lowest BCUT2D eigenvalue weighted by molar-refractivity contribution is -0.143. The van der Waals surface area contributed by atoms with Crippen molar-refractivity contribution in [3.63, 3.8) is 0 Å². The summed E-state index contributed by atoms with van der Waals surface area (Å²) in [6.07, 6.45) is 1.46. The van der Waals surface area contributed by atoms with Gasteiger partial charge in [-0.2, -0.15) is 0 Å². The van der Waals surface area contributed by atoms with E-state index in [0.717, 1.165) is 4.90 Å². The van der Waals surface area contributed by atoms with Crippen LogP contribution in [0.15, 0.2) is 22.3 Å². The van der Waals surface area contributed by atoms with Crippen molar-refractivity contribution in [2.75, 3.05) is 13.7 Å². The van der Waals surface area contributed by atoms with E-state index in [4.69, 9.17) is 0 Å². The molecule has 0 bridgehead atoms. The Balaban J connectivity index is 2.28. The van der Waals surface area contributed by atoms with Crippen LogP contribution in [0.5, 0.6) is 5.75 Å². The van der Waals surface area contributed by atoms with Crippen LogP contribution in [0.4, 0.5) is 4.79 Å². The number of hydrogen-bond donors (Lipinski definition) is 2. The molecule has 22 heavy (non-hydrogen) atoms. The van der Waals surface area contributed by atoms with E-state index in [1.54, 1.807) is 12.1 Å². The van der Waals surface area contributed by atoms with Gasteiger partial charge in [-0.15, -0.1) is 0 Å². The van der Waals surface area contributed by atoms with Crippen molar-refractivity contribution in [2.24, 2.45) is 0 Å². The van der Waals surface area contributed by atoms with E-state index in [-0.39, 0.29) is 11.4 Å². The molecule has 2 N–H and O–H groups in total. The molecule has 0 radical (unpaired) electrons. The highest BCUT2D eigenvalue weighted by Gasteiger charge is 2.35. The second-order valence-electron chi connectivity index (χ2n) is 4.29. The normalized spacial score (nSPS) is 16.1. The lowest BCUT2D eigenvalue weighted by atomic mass is 10.2. The number of halogens is 2. The molecule has 1 aliphatic rings. The fourth-order valence-corrected chi connectivity index (χ4v) is 3.24. The van der Waals surface area contributed by atoms with Crippen molar-refractivity contribution in [3.8, 4) is 5.75 Å². The van der Waals surface area contributed by atoms with E-state index in [9.17, 15) is 19.5 Å². The summed E-state index contributed by atoms with van der Waals surface area (Å²) in [4.78, 5) is 35.8. The van der Waals surface area contributed by atoms with Crippen LogP contribution in [-0.2, 0) is 14.3 Å². The number of benzene rings is 1. The Kier molecular flexibility index (Phi) is 5.06. The largest absolute Gasteiger partial charge is 0.506 e. The van der Waals surface area contributed by atoms with Crippen molar-refractivity contribution >= 4 is 62.5 Å². The quantitative estimate of drug-likeness (QED) is 0.298. The number of aromatic hydroxyl groups is 1. The van der Waals surface area contributed by atoms with Gasteiger partial charge in [0.05, 0.1) is 15.2 Å². The molecule has 1 aromatic carbocycles. The average Bonchev–Trinajstić information content (AvgIpc) is 2.72. The molecule has 1 fully saturated rings. The monoisotopic (exact) mass is 480 g/mol. The van der Waals surface area contributed by atoms with E-state index in [0.29, 0.717) is 13.6 Å². The number of nitrogens with zero attached hydrogens (tertiary/aromatic N) is 1. The first-order chi connectivity index (χ1) is 10.3. The summed E-state index contributed by atoms with van der Waals surface area (Å²) in [6, 6.07) is 2.57. The van der Waals surface area contributed by atoms with Gasteiger partial charge in [0.25, 0.3) is 5.91 Å². The molecule has 0 spiro atoms. The molecule has 1 heterocycles. The minimum atomic E-state index is -0.688. The molecule has 2 rings (SSSR count). The Morgan fingerprint density at radius 2 is 2.18 bits per heavy atom. The van der Waals surface area contributed by atoms with Crippen molar-refractivity contribution in [3.05, 3.63) is 31.4 Å². The molecule has 0 saturated carbocycles. The minimum Gasteiger partial charge on any atom is -0.506 e. The van der Waals surface area contributed by atoms with Crippen molar-refractivity contribution < 1.29 is 24.2 Å². The molecular weight excluding hydrogens is 471 g/mol. The summed E-state index contributed by atoms with van der Waals surface area (Å²) in [5.41, 5.74) is 0.653. The molecule has 116 valence electrons. The zero-order chi connectivity index (χ0) is 16.4. The summed E-state index contributed by atoms with van der Waals surface area (Å²) in [6.45, 7) is -0.449. The summed E-state index contributed by atoms with van der Waals surface area (Å²) < 4.78 is 5.49. The number of phenolic OH excluding ortho intramolecular Hbond substituents is 1. The van der Waals surface area contributed by atoms with Crippen molar-refractivity contribution in [1.82, 2.24) is 10.2 Å². The molecule has 0 aromatic heterocycles. The Labute approximate surface area is 147 Å². The van der Waals surface area contributed by atoms with Gasteiger partial charge in [-0.05, 0) is 62.3 Å². The summed E-state index contributed by atoms with van der Waals surface area (Å²) >= 11 is 5.14. The van der Waals surface area contributed by atoms with Crippen LogP contribution >= 0.6 is 38.5 Å². The zero-order valence-electron chi connectivity index (χ0n) is 11.2. The van der Waals surface area contributed by atoms with Crippen LogP contribution in [-0.4, -0.2) is 41.6 Å². The number of hydrogen-bond acceptors (Lipinski definition) is 5. The lowest BCUT2D eigenvalue weighted by Gasteiger charge is -2.09. The highest BCUT2D eigenvalue weighted by Crippen LogP contribution is 2.31. The van der Waals surface area contributed by atoms with Gasteiger partial charge in [0.15, 0.2) is 0 Å². The highest BCUT2D eigenvalue weighted by molar-refractivity contribution is 14.1. The van der Waals surface area contributed by atoms with Gasteiger partial charge in [-0.3, -0.25) is 9.59 Å². The summed E-state index contributed by atoms with van der Waals surface area (Å²) in [5, 5.41) is 12.1. The Bertz CT molecular complexity index is 681. The number of rotatable bonds is 3. The van der Waals surface area contributed by atoms with Gasteiger partial charge < -0.3 is 15.2 Å². The molecule has 0 aliphatic carbocycles. The molecule has 1 saturated heterocycles. The van der Waals surface area contributed by atoms with Crippen molar-refractivity contribution in [2.45, 2.75) is 0 Å². The molecule has 1 aromatic rings. The number of amides is 3. The molecule has 0 unspecified atom stereocenters. The number of phenols is 1. The van der Waals surface area contributed by atoms with E-state index >= 15 is 0 Å². The van der Waals surface area contributed by atoms with Gasteiger partial charge in [-0.1, -0.05) is 0 Å². The number of urea groups is 1. The second kappa shape index (κ2) is 6.65. The fourth-order valence-electron chi connectivity index (χ4n) is 1.74. The van der Waals surface area contributed by atoms with Crippen LogP contribution < -0.4 is 5.32 Å². The molecule has 1 aliphatic heterocycles. The van der Waals surface area contributed by atoms with Gasteiger partial charge in [-0.25, -0.2) is 9.69 Å². The van der Waals surface area contributed by atoms with Gasteiger partial charge >= 0.3 is 12.0 Å². The minimum absolute atomic E-state index is 0.0438. The molecule has 0 atom stereocenters. The number of methoxy groups -OCH3 is 1. The third kappa shape index (κ3) is 3.40. The summed E-state index contributed by atoms with van der Waals surface area (Å²) in [5.74, 6) is -1.21. The zero-order valence-corrected chi connectivity index (χ0v) is 15.0. The first kappa shape index (κ1) is 16.7. The Morgan fingerprint density at radius 1 is 1.50 bits per heavy atom. The third-order valence-electron chi connectivity index (χ3n) is 2.83. The van der Waals surface area contributed by atoms with Crippen LogP contribution in [0.25, 0.3) is 6.08 Å². The molecule has 3 amide bonds. The number of esters is 1. The smallest absolute Gasteiger partial charge is 0.329 e. The average molecular weight is 481 g/mol.